The van der Waals surface area contributed by atoms with E-state index in [1.54, 1.807) is 19.1 Å². The molecular weight excluding hydrogens is 239 g/mol. The van der Waals surface area contributed by atoms with Gasteiger partial charge in [-0.05, 0) is 48.4 Å². The Hall–Kier alpha value is -1.97. The van der Waals surface area contributed by atoms with Crippen molar-refractivity contribution in [1.29, 1.82) is 0 Å². The summed E-state index contributed by atoms with van der Waals surface area (Å²) < 4.78 is 38.9. The van der Waals surface area contributed by atoms with Gasteiger partial charge in [0.15, 0.2) is 0 Å². The second-order valence-electron chi connectivity index (χ2n) is 4.10. The molecule has 94 valence electrons. The van der Waals surface area contributed by atoms with Gasteiger partial charge in [-0.25, -0.2) is 13.2 Å². The summed E-state index contributed by atoms with van der Waals surface area (Å²) in [6.45, 7) is 1.93. The highest BCUT2D eigenvalue weighted by atomic mass is 19.1. The molecule has 0 fully saturated rings. The van der Waals surface area contributed by atoms with Crippen LogP contribution in [0.4, 0.5) is 18.9 Å². The highest BCUT2D eigenvalue weighted by Gasteiger charge is 2.02. The van der Waals surface area contributed by atoms with Crippen molar-refractivity contribution in [2.75, 3.05) is 5.32 Å². The molecule has 0 aliphatic carbocycles. The molecule has 0 bridgehead atoms. The minimum Gasteiger partial charge on any atom is -0.381 e. The van der Waals surface area contributed by atoms with Crippen LogP contribution >= 0.6 is 0 Å². The van der Waals surface area contributed by atoms with Gasteiger partial charge in [0.25, 0.3) is 0 Å². The Bertz CT molecular complexity index is 547. The Labute approximate surface area is 103 Å². The van der Waals surface area contributed by atoms with Crippen LogP contribution in [0.25, 0.3) is 0 Å². The second-order valence-corrected chi connectivity index (χ2v) is 4.10. The maximum Gasteiger partial charge on any atom is 0.126 e. The highest BCUT2D eigenvalue weighted by molar-refractivity contribution is 5.46. The molecule has 0 heterocycles. The minimum absolute atomic E-state index is 0.278. The van der Waals surface area contributed by atoms with Crippen LogP contribution in [0.2, 0.25) is 0 Å². The van der Waals surface area contributed by atoms with Crippen molar-refractivity contribution in [3.63, 3.8) is 0 Å². The summed E-state index contributed by atoms with van der Waals surface area (Å²) in [4.78, 5) is 0. The monoisotopic (exact) mass is 251 g/mol. The van der Waals surface area contributed by atoms with Gasteiger partial charge in [0, 0.05) is 18.3 Å². The van der Waals surface area contributed by atoms with Crippen molar-refractivity contribution >= 4 is 5.69 Å². The Morgan fingerprint density at radius 1 is 0.944 bits per heavy atom. The summed E-state index contributed by atoms with van der Waals surface area (Å²) in [6.07, 6.45) is 0. The molecule has 4 heteroatoms. The number of hydrogen-bond donors (Lipinski definition) is 1. The predicted octanol–water partition coefficient (Wildman–Crippen LogP) is 4.02. The van der Waals surface area contributed by atoms with Crippen molar-refractivity contribution in [3.8, 4) is 0 Å². The first-order chi connectivity index (χ1) is 8.54. The fourth-order valence-corrected chi connectivity index (χ4v) is 1.67. The summed E-state index contributed by atoms with van der Waals surface area (Å²) in [7, 11) is 0. The van der Waals surface area contributed by atoms with E-state index in [1.807, 2.05) is 0 Å². The SMILES string of the molecule is Cc1cc(NCc2cc(F)cc(F)c2)ccc1F. The maximum absolute atomic E-state index is 13.0. The summed E-state index contributed by atoms with van der Waals surface area (Å²) in [6, 6.07) is 7.91. The van der Waals surface area contributed by atoms with Crippen LogP contribution < -0.4 is 5.32 Å². The standard InChI is InChI=1S/C14H12F3N/c1-9-4-13(2-3-14(9)17)18-8-10-5-11(15)7-12(16)6-10/h2-7,18H,8H2,1H3. The van der Waals surface area contributed by atoms with Crippen LogP contribution in [0.3, 0.4) is 0 Å². The lowest BCUT2D eigenvalue weighted by atomic mass is 10.2. The number of benzene rings is 2. The Balaban J connectivity index is 2.08. The largest absolute Gasteiger partial charge is 0.381 e. The van der Waals surface area contributed by atoms with Crippen LogP contribution in [0, 0.1) is 24.4 Å². The van der Waals surface area contributed by atoms with Crippen LogP contribution in [-0.4, -0.2) is 0 Å². The third kappa shape index (κ3) is 3.03. The zero-order valence-electron chi connectivity index (χ0n) is 9.81. The summed E-state index contributed by atoms with van der Waals surface area (Å²) >= 11 is 0. The first-order valence-corrected chi connectivity index (χ1v) is 5.49. The zero-order valence-corrected chi connectivity index (χ0v) is 9.81. The Morgan fingerprint density at radius 3 is 2.22 bits per heavy atom. The summed E-state index contributed by atoms with van der Waals surface area (Å²) in [5, 5.41) is 2.98. The van der Waals surface area contributed by atoms with E-state index >= 15 is 0 Å². The van der Waals surface area contributed by atoms with Gasteiger partial charge >= 0.3 is 0 Å². The third-order valence-corrected chi connectivity index (χ3v) is 2.58. The molecule has 2 aromatic rings. The maximum atomic E-state index is 13.0. The first-order valence-electron chi connectivity index (χ1n) is 5.49. The molecule has 0 amide bonds. The predicted molar refractivity (Wildman–Crippen MR) is 64.8 cm³/mol. The molecule has 0 unspecified atom stereocenters. The van der Waals surface area contributed by atoms with E-state index in [2.05, 4.69) is 5.32 Å². The van der Waals surface area contributed by atoms with Gasteiger partial charge in [-0.2, -0.15) is 0 Å². The topological polar surface area (TPSA) is 12.0 Å². The van der Waals surface area contributed by atoms with E-state index in [4.69, 9.17) is 0 Å². The lowest BCUT2D eigenvalue weighted by molar-refractivity contribution is 0.580. The molecule has 0 saturated heterocycles. The van der Waals surface area contributed by atoms with Crippen molar-refractivity contribution in [2.24, 2.45) is 0 Å². The fourth-order valence-electron chi connectivity index (χ4n) is 1.67. The van der Waals surface area contributed by atoms with E-state index in [0.717, 1.165) is 6.07 Å². The van der Waals surface area contributed by atoms with E-state index in [9.17, 15) is 13.2 Å². The molecule has 18 heavy (non-hydrogen) atoms. The molecule has 0 radical (unpaired) electrons. The molecule has 0 aliphatic heterocycles. The lowest BCUT2D eigenvalue weighted by Crippen LogP contribution is -2.01. The van der Waals surface area contributed by atoms with Crippen molar-refractivity contribution < 1.29 is 13.2 Å². The van der Waals surface area contributed by atoms with E-state index < -0.39 is 11.6 Å². The molecular formula is C14H12F3N. The first kappa shape index (κ1) is 12.5. The highest BCUT2D eigenvalue weighted by Crippen LogP contribution is 2.15. The quantitative estimate of drug-likeness (QED) is 0.868. The number of anilines is 1. The summed E-state index contributed by atoms with van der Waals surface area (Å²) in [5.74, 6) is -1.50. The van der Waals surface area contributed by atoms with Crippen LogP contribution in [-0.2, 0) is 6.54 Å². The lowest BCUT2D eigenvalue weighted by Gasteiger charge is -2.08. The Kier molecular flexibility index (Phi) is 3.55. The zero-order chi connectivity index (χ0) is 13.1. The van der Waals surface area contributed by atoms with Crippen molar-refractivity contribution in [2.45, 2.75) is 13.5 Å². The van der Waals surface area contributed by atoms with Crippen molar-refractivity contribution in [1.82, 2.24) is 0 Å². The molecule has 1 nitrogen and oxygen atoms in total. The van der Waals surface area contributed by atoms with Gasteiger partial charge in [0.1, 0.15) is 17.5 Å². The third-order valence-electron chi connectivity index (χ3n) is 2.58. The van der Waals surface area contributed by atoms with Gasteiger partial charge in [0.2, 0.25) is 0 Å². The average molecular weight is 251 g/mol. The van der Waals surface area contributed by atoms with E-state index in [1.165, 1.54) is 18.2 Å². The van der Waals surface area contributed by atoms with Crippen LogP contribution in [0.1, 0.15) is 11.1 Å². The minimum atomic E-state index is -0.609. The number of nitrogens with one attached hydrogen (secondary N) is 1. The number of halogens is 3. The van der Waals surface area contributed by atoms with Crippen LogP contribution in [0.5, 0.6) is 0 Å². The summed E-state index contributed by atoms with van der Waals surface area (Å²) in [5.41, 5.74) is 1.72. The van der Waals surface area contributed by atoms with Crippen LogP contribution in [0.15, 0.2) is 36.4 Å². The fraction of sp³-hybridized carbons (Fsp3) is 0.143. The number of rotatable bonds is 3. The van der Waals surface area contributed by atoms with Gasteiger partial charge in [-0.1, -0.05) is 0 Å². The normalized spacial score (nSPS) is 10.4. The van der Waals surface area contributed by atoms with Crippen molar-refractivity contribution in [3.05, 3.63) is 65.0 Å². The Morgan fingerprint density at radius 2 is 1.61 bits per heavy atom. The molecule has 2 aromatic carbocycles. The van der Waals surface area contributed by atoms with E-state index in [-0.39, 0.29) is 12.4 Å². The molecule has 0 aromatic heterocycles. The molecule has 1 N–H and O–H groups in total. The second kappa shape index (κ2) is 5.12. The number of hydrogen-bond acceptors (Lipinski definition) is 1. The van der Waals surface area contributed by atoms with Gasteiger partial charge in [0.05, 0.1) is 0 Å². The van der Waals surface area contributed by atoms with E-state index in [0.29, 0.717) is 16.8 Å². The smallest absolute Gasteiger partial charge is 0.126 e. The molecule has 0 aliphatic rings. The van der Waals surface area contributed by atoms with Gasteiger partial charge < -0.3 is 5.32 Å². The molecule has 0 spiro atoms. The molecule has 0 atom stereocenters. The van der Waals surface area contributed by atoms with Gasteiger partial charge in [-0.3, -0.25) is 0 Å². The number of aryl methyl sites for hydroxylation is 1. The van der Waals surface area contributed by atoms with Gasteiger partial charge in [-0.15, -0.1) is 0 Å². The molecule has 0 saturated carbocycles. The average Bonchev–Trinajstić information content (AvgIpc) is 2.29. The molecule has 2 rings (SSSR count).